The summed E-state index contributed by atoms with van der Waals surface area (Å²) in [6.07, 6.45) is 2.51. The van der Waals surface area contributed by atoms with Gasteiger partial charge in [-0.15, -0.1) is 0 Å². The van der Waals surface area contributed by atoms with E-state index in [4.69, 9.17) is 0 Å². The number of aryl methyl sites for hydroxylation is 1. The predicted octanol–water partition coefficient (Wildman–Crippen LogP) is 2.46. The van der Waals surface area contributed by atoms with Crippen LogP contribution in [0.25, 0.3) is 0 Å². The second-order valence-electron chi connectivity index (χ2n) is 5.12. The topological polar surface area (TPSA) is 15.3 Å². The van der Waals surface area contributed by atoms with Gasteiger partial charge >= 0.3 is 0 Å². The van der Waals surface area contributed by atoms with E-state index in [9.17, 15) is 8.78 Å². The lowest BCUT2D eigenvalue weighted by molar-refractivity contribution is 0.312. The fourth-order valence-corrected chi connectivity index (χ4v) is 1.96. The molecule has 1 fully saturated rings. The molecule has 0 bridgehead atoms. The van der Waals surface area contributed by atoms with Crippen LogP contribution < -0.4 is 5.32 Å². The van der Waals surface area contributed by atoms with Crippen molar-refractivity contribution in [2.24, 2.45) is 0 Å². The van der Waals surface area contributed by atoms with Crippen LogP contribution in [0.1, 0.15) is 24.0 Å². The van der Waals surface area contributed by atoms with Gasteiger partial charge in [-0.25, -0.2) is 8.78 Å². The van der Waals surface area contributed by atoms with E-state index in [2.05, 4.69) is 5.32 Å². The van der Waals surface area contributed by atoms with Gasteiger partial charge in [-0.05, 0) is 38.4 Å². The van der Waals surface area contributed by atoms with E-state index in [0.717, 1.165) is 13.1 Å². The number of hydrogen-bond acceptors (Lipinski definition) is 2. The third kappa shape index (κ3) is 3.50. The zero-order valence-corrected chi connectivity index (χ0v) is 11.0. The van der Waals surface area contributed by atoms with Gasteiger partial charge in [0.05, 0.1) is 0 Å². The van der Waals surface area contributed by atoms with Gasteiger partial charge in [0.1, 0.15) is 11.6 Å². The van der Waals surface area contributed by atoms with Crippen LogP contribution >= 0.6 is 0 Å². The van der Waals surface area contributed by atoms with Gasteiger partial charge in [-0.3, -0.25) is 0 Å². The zero-order valence-electron chi connectivity index (χ0n) is 11.0. The quantitative estimate of drug-likeness (QED) is 0.839. The molecule has 0 radical (unpaired) electrons. The molecule has 1 aliphatic rings. The van der Waals surface area contributed by atoms with Crippen molar-refractivity contribution in [1.29, 1.82) is 0 Å². The summed E-state index contributed by atoms with van der Waals surface area (Å²) in [6, 6.07) is 3.48. The molecule has 0 spiro atoms. The Morgan fingerprint density at radius 1 is 1.33 bits per heavy atom. The largest absolute Gasteiger partial charge is 0.313 e. The van der Waals surface area contributed by atoms with Crippen molar-refractivity contribution in [2.45, 2.75) is 32.4 Å². The highest BCUT2D eigenvalue weighted by molar-refractivity contribution is 5.26. The molecule has 1 saturated carbocycles. The van der Waals surface area contributed by atoms with E-state index in [1.54, 1.807) is 6.92 Å². The van der Waals surface area contributed by atoms with Gasteiger partial charge in [0.2, 0.25) is 0 Å². The summed E-state index contributed by atoms with van der Waals surface area (Å²) in [7, 11) is 1.88. The summed E-state index contributed by atoms with van der Waals surface area (Å²) >= 11 is 0. The predicted molar refractivity (Wildman–Crippen MR) is 68.5 cm³/mol. The summed E-state index contributed by atoms with van der Waals surface area (Å²) in [4.78, 5) is 1.94. The van der Waals surface area contributed by atoms with E-state index in [0.29, 0.717) is 18.2 Å². The minimum absolute atomic E-state index is 0.170. The third-order valence-electron chi connectivity index (χ3n) is 3.31. The van der Waals surface area contributed by atoms with Crippen molar-refractivity contribution in [1.82, 2.24) is 10.2 Å². The van der Waals surface area contributed by atoms with Crippen LogP contribution in [0.2, 0.25) is 0 Å². The maximum atomic E-state index is 13.8. The van der Waals surface area contributed by atoms with Crippen LogP contribution in [0.3, 0.4) is 0 Å². The molecule has 4 heteroatoms. The minimum atomic E-state index is -0.458. The normalized spacial score (nSPS) is 15.4. The Kier molecular flexibility index (Phi) is 4.30. The number of likely N-dealkylation sites (N-methyl/N-ethyl adjacent to an activating group) is 1. The average molecular weight is 254 g/mol. The van der Waals surface area contributed by atoms with Gasteiger partial charge in [-0.2, -0.15) is 0 Å². The smallest absolute Gasteiger partial charge is 0.133 e. The molecule has 0 aliphatic heterocycles. The molecule has 0 aromatic heterocycles. The van der Waals surface area contributed by atoms with E-state index in [-0.39, 0.29) is 5.56 Å². The van der Waals surface area contributed by atoms with Gasteiger partial charge in [0, 0.05) is 31.2 Å². The van der Waals surface area contributed by atoms with Crippen LogP contribution in [0.4, 0.5) is 8.78 Å². The fourth-order valence-electron chi connectivity index (χ4n) is 1.96. The molecule has 1 aromatic rings. The Bertz CT molecular complexity index is 417. The molecule has 0 atom stereocenters. The van der Waals surface area contributed by atoms with Crippen LogP contribution in [-0.4, -0.2) is 31.1 Å². The van der Waals surface area contributed by atoms with E-state index in [1.807, 2.05) is 11.9 Å². The molecule has 0 amide bonds. The number of rotatable bonds is 6. The minimum Gasteiger partial charge on any atom is -0.313 e. The maximum absolute atomic E-state index is 13.8. The number of benzene rings is 1. The van der Waals surface area contributed by atoms with Crippen LogP contribution in [0, 0.1) is 18.6 Å². The first kappa shape index (κ1) is 13.4. The number of nitrogens with zero attached hydrogens (tertiary/aromatic N) is 1. The van der Waals surface area contributed by atoms with Crippen molar-refractivity contribution < 1.29 is 8.78 Å². The molecule has 2 nitrogen and oxygen atoms in total. The van der Waals surface area contributed by atoms with Crippen LogP contribution in [0.5, 0.6) is 0 Å². The summed E-state index contributed by atoms with van der Waals surface area (Å²) in [5.41, 5.74) is 0.667. The third-order valence-corrected chi connectivity index (χ3v) is 3.31. The van der Waals surface area contributed by atoms with Crippen molar-refractivity contribution in [3.05, 3.63) is 34.9 Å². The SMILES string of the molecule is Cc1ccc(F)c(CN(C)CCNC2CC2)c1F. The molecule has 1 aliphatic carbocycles. The molecule has 18 heavy (non-hydrogen) atoms. The molecule has 0 unspecified atom stereocenters. The lowest BCUT2D eigenvalue weighted by Crippen LogP contribution is -2.30. The Labute approximate surface area is 107 Å². The molecular weight excluding hydrogens is 234 g/mol. The summed E-state index contributed by atoms with van der Waals surface area (Å²) in [5, 5.41) is 3.38. The van der Waals surface area contributed by atoms with E-state index >= 15 is 0 Å². The summed E-state index contributed by atoms with van der Waals surface area (Å²) in [6.45, 7) is 3.64. The molecule has 0 saturated heterocycles. The lowest BCUT2D eigenvalue weighted by Gasteiger charge is -2.18. The fraction of sp³-hybridized carbons (Fsp3) is 0.571. The summed E-state index contributed by atoms with van der Waals surface area (Å²) in [5.74, 6) is -0.878. The second-order valence-corrected chi connectivity index (χ2v) is 5.12. The van der Waals surface area contributed by atoms with Gasteiger partial charge in [0.25, 0.3) is 0 Å². The van der Waals surface area contributed by atoms with Gasteiger partial charge in [0.15, 0.2) is 0 Å². The second kappa shape index (κ2) is 5.76. The molecule has 0 heterocycles. The van der Waals surface area contributed by atoms with E-state index < -0.39 is 11.6 Å². The van der Waals surface area contributed by atoms with E-state index in [1.165, 1.54) is 25.0 Å². The molecule has 1 N–H and O–H groups in total. The molecule has 100 valence electrons. The van der Waals surface area contributed by atoms with Crippen molar-refractivity contribution in [2.75, 3.05) is 20.1 Å². The maximum Gasteiger partial charge on any atom is 0.133 e. The monoisotopic (exact) mass is 254 g/mol. The molecular formula is C14H20F2N2. The van der Waals surface area contributed by atoms with Crippen molar-refractivity contribution >= 4 is 0 Å². The highest BCUT2D eigenvalue weighted by Gasteiger charge is 2.20. The standard InChI is InChI=1S/C14H20F2N2/c1-10-3-6-13(15)12(14(10)16)9-18(2)8-7-17-11-4-5-11/h3,6,11,17H,4-5,7-9H2,1-2H3. The average Bonchev–Trinajstić information content (AvgIpc) is 3.14. The first-order valence-electron chi connectivity index (χ1n) is 6.43. The highest BCUT2D eigenvalue weighted by atomic mass is 19.1. The number of halogens is 2. The molecule has 2 rings (SSSR count). The Hall–Kier alpha value is -1.00. The Morgan fingerprint density at radius 3 is 2.72 bits per heavy atom. The Balaban J connectivity index is 1.88. The molecule has 1 aromatic carbocycles. The van der Waals surface area contributed by atoms with Crippen LogP contribution in [-0.2, 0) is 6.54 Å². The van der Waals surface area contributed by atoms with Gasteiger partial charge in [-0.1, -0.05) is 6.07 Å². The Morgan fingerprint density at radius 2 is 2.06 bits per heavy atom. The van der Waals surface area contributed by atoms with Crippen molar-refractivity contribution in [3.63, 3.8) is 0 Å². The first-order chi connectivity index (χ1) is 8.58. The highest BCUT2D eigenvalue weighted by Crippen LogP contribution is 2.19. The van der Waals surface area contributed by atoms with Crippen LogP contribution in [0.15, 0.2) is 12.1 Å². The first-order valence-corrected chi connectivity index (χ1v) is 6.43. The number of nitrogens with one attached hydrogen (secondary N) is 1. The lowest BCUT2D eigenvalue weighted by atomic mass is 10.1. The van der Waals surface area contributed by atoms with Crippen molar-refractivity contribution in [3.8, 4) is 0 Å². The zero-order chi connectivity index (χ0) is 13.1. The van der Waals surface area contributed by atoms with Gasteiger partial charge < -0.3 is 10.2 Å². The number of hydrogen-bond donors (Lipinski definition) is 1. The summed E-state index contributed by atoms with van der Waals surface area (Å²) < 4.78 is 27.4.